The fourth-order valence-corrected chi connectivity index (χ4v) is 5.43. The molecule has 0 unspecified atom stereocenters. The van der Waals surface area contributed by atoms with Crippen molar-refractivity contribution < 1.29 is 21.6 Å². The van der Waals surface area contributed by atoms with Crippen molar-refractivity contribution in [2.45, 2.75) is 25.1 Å². The number of nitrogens with one attached hydrogen (secondary N) is 1. The molecule has 1 saturated heterocycles. The van der Waals surface area contributed by atoms with E-state index in [0.29, 0.717) is 36.0 Å². The number of anilines is 2. The number of nitrogens with zero attached hydrogens (tertiary/aromatic N) is 5. The monoisotopic (exact) mass is 495 g/mol. The predicted molar refractivity (Wildman–Crippen MR) is 112 cm³/mol. The number of alkyl halides is 3. The SMILES string of the molecule is CS(=O)(=O)N1CCC(Nc2nn3c(-c4cnc(N)c(C(F)(F)F)c4)c(Cl)nc3s2)CC1. The summed E-state index contributed by atoms with van der Waals surface area (Å²) in [6, 6.07) is 0.869. The molecule has 0 aliphatic carbocycles. The van der Waals surface area contributed by atoms with Gasteiger partial charge in [0.25, 0.3) is 0 Å². The first kappa shape index (κ1) is 22.0. The van der Waals surface area contributed by atoms with Crippen LogP contribution in [0.15, 0.2) is 12.3 Å². The Balaban J connectivity index is 1.60. The van der Waals surface area contributed by atoms with E-state index in [9.17, 15) is 21.6 Å². The molecule has 15 heteroatoms. The number of nitrogen functional groups attached to an aromatic ring is 1. The molecule has 0 bridgehead atoms. The number of aromatic nitrogens is 4. The second-order valence-corrected chi connectivity index (χ2v) is 10.4. The number of imidazole rings is 1. The van der Waals surface area contributed by atoms with Gasteiger partial charge in [-0.1, -0.05) is 22.9 Å². The maximum atomic E-state index is 13.2. The standard InChI is InChI=1S/C16H17ClF3N7O2S2/c1-31(28,29)26-4-2-9(3-5-26)23-14-25-27-11(12(17)24-15(27)30-14)8-6-10(16(18,19)20)13(21)22-7-8/h6-7,9H,2-5H2,1H3,(H2,21,22)(H,23,25). The minimum atomic E-state index is -4.67. The Kier molecular flexibility index (Phi) is 5.52. The highest BCUT2D eigenvalue weighted by atomic mass is 35.5. The van der Waals surface area contributed by atoms with Crippen LogP contribution < -0.4 is 11.1 Å². The molecule has 4 heterocycles. The lowest BCUT2D eigenvalue weighted by atomic mass is 10.1. The van der Waals surface area contributed by atoms with Crippen LogP contribution in [0.25, 0.3) is 16.2 Å². The highest BCUT2D eigenvalue weighted by Gasteiger charge is 2.35. The first-order chi connectivity index (χ1) is 14.4. The zero-order valence-electron chi connectivity index (χ0n) is 16.0. The summed E-state index contributed by atoms with van der Waals surface area (Å²) in [6.07, 6.45) is -1.11. The third-order valence-electron chi connectivity index (χ3n) is 4.91. The Morgan fingerprint density at radius 1 is 1.32 bits per heavy atom. The molecular formula is C16H17ClF3N7O2S2. The zero-order chi connectivity index (χ0) is 22.6. The number of hydrogen-bond donors (Lipinski definition) is 2. The van der Waals surface area contributed by atoms with Gasteiger partial charge in [-0.2, -0.15) is 17.7 Å². The number of halogens is 4. The summed E-state index contributed by atoms with van der Waals surface area (Å²) < 4.78 is 65.7. The molecular weight excluding hydrogens is 479 g/mol. The van der Waals surface area contributed by atoms with Gasteiger partial charge in [0.05, 0.1) is 11.8 Å². The van der Waals surface area contributed by atoms with Crippen LogP contribution in [-0.2, 0) is 16.2 Å². The maximum Gasteiger partial charge on any atom is 0.419 e. The van der Waals surface area contributed by atoms with E-state index >= 15 is 0 Å². The second kappa shape index (κ2) is 7.76. The normalized spacial score (nSPS) is 16.8. The first-order valence-corrected chi connectivity index (χ1v) is 12.1. The molecule has 4 rings (SSSR count). The number of rotatable bonds is 4. The van der Waals surface area contributed by atoms with Gasteiger partial charge in [0.15, 0.2) is 5.15 Å². The third-order valence-corrected chi connectivity index (χ3v) is 7.32. The minimum Gasteiger partial charge on any atom is -0.383 e. The fourth-order valence-electron chi connectivity index (χ4n) is 3.36. The topological polar surface area (TPSA) is 119 Å². The molecule has 1 aliphatic heterocycles. The number of nitrogens with two attached hydrogens (primary N) is 1. The first-order valence-electron chi connectivity index (χ1n) is 9.03. The Morgan fingerprint density at radius 2 is 2.00 bits per heavy atom. The van der Waals surface area contributed by atoms with E-state index in [1.807, 2.05) is 0 Å². The lowest BCUT2D eigenvalue weighted by Gasteiger charge is -2.30. The van der Waals surface area contributed by atoms with Crippen LogP contribution in [0.5, 0.6) is 0 Å². The van der Waals surface area contributed by atoms with Crippen molar-refractivity contribution in [1.82, 2.24) is 23.9 Å². The molecule has 31 heavy (non-hydrogen) atoms. The lowest BCUT2D eigenvalue weighted by molar-refractivity contribution is -0.137. The van der Waals surface area contributed by atoms with Gasteiger partial charge in [-0.15, -0.1) is 5.10 Å². The quantitative estimate of drug-likeness (QED) is 0.571. The van der Waals surface area contributed by atoms with E-state index in [1.165, 1.54) is 32.6 Å². The number of sulfonamides is 1. The summed E-state index contributed by atoms with van der Waals surface area (Å²) in [5.74, 6) is -0.630. The van der Waals surface area contributed by atoms with Gasteiger partial charge < -0.3 is 11.1 Å². The molecule has 0 spiro atoms. The lowest BCUT2D eigenvalue weighted by Crippen LogP contribution is -2.41. The van der Waals surface area contributed by atoms with Gasteiger partial charge in [0.2, 0.25) is 20.1 Å². The number of hydrogen-bond acceptors (Lipinski definition) is 8. The van der Waals surface area contributed by atoms with E-state index in [4.69, 9.17) is 17.3 Å². The van der Waals surface area contributed by atoms with Gasteiger partial charge in [0.1, 0.15) is 11.5 Å². The smallest absolute Gasteiger partial charge is 0.383 e. The summed E-state index contributed by atoms with van der Waals surface area (Å²) in [4.78, 5) is 8.21. The minimum absolute atomic E-state index is 0.00259. The molecule has 0 saturated carbocycles. The summed E-state index contributed by atoms with van der Waals surface area (Å²) in [7, 11) is -3.22. The van der Waals surface area contributed by atoms with Crippen LogP contribution in [0.2, 0.25) is 5.15 Å². The summed E-state index contributed by atoms with van der Waals surface area (Å²) in [6.45, 7) is 0.792. The molecule has 0 aromatic carbocycles. The Labute approximate surface area is 184 Å². The van der Waals surface area contributed by atoms with Crippen LogP contribution in [0.3, 0.4) is 0 Å². The number of pyridine rings is 1. The highest BCUT2D eigenvalue weighted by molar-refractivity contribution is 7.88. The van der Waals surface area contributed by atoms with Crippen LogP contribution in [0.4, 0.5) is 24.1 Å². The Hall–Kier alpha value is -2.16. The molecule has 3 aromatic heterocycles. The molecule has 1 aliphatic rings. The van der Waals surface area contributed by atoms with Gasteiger partial charge in [0, 0.05) is 30.9 Å². The van der Waals surface area contributed by atoms with Gasteiger partial charge in [-0.05, 0) is 18.9 Å². The molecule has 168 valence electrons. The Morgan fingerprint density at radius 3 is 2.61 bits per heavy atom. The van der Waals surface area contributed by atoms with Crippen molar-refractivity contribution in [2.75, 3.05) is 30.4 Å². The molecule has 0 radical (unpaired) electrons. The summed E-state index contributed by atoms with van der Waals surface area (Å²) in [5.41, 5.74) is 4.56. The van der Waals surface area contributed by atoms with Crippen molar-refractivity contribution in [2.24, 2.45) is 0 Å². The van der Waals surface area contributed by atoms with Gasteiger partial charge in [-0.3, -0.25) is 0 Å². The largest absolute Gasteiger partial charge is 0.419 e. The van der Waals surface area contributed by atoms with E-state index in [0.717, 1.165) is 6.07 Å². The number of fused-ring (bicyclic) bond motifs is 1. The zero-order valence-corrected chi connectivity index (χ0v) is 18.4. The number of piperidine rings is 1. The molecule has 1 fully saturated rings. The van der Waals surface area contributed by atoms with Gasteiger partial charge >= 0.3 is 6.18 Å². The average Bonchev–Trinajstić information content (AvgIpc) is 3.17. The van der Waals surface area contributed by atoms with Crippen LogP contribution >= 0.6 is 22.9 Å². The van der Waals surface area contributed by atoms with Crippen LogP contribution in [0, 0.1) is 0 Å². The van der Waals surface area contributed by atoms with E-state index < -0.39 is 27.6 Å². The van der Waals surface area contributed by atoms with Crippen LogP contribution in [-0.4, -0.2) is 57.7 Å². The molecule has 3 N–H and O–H groups in total. The van der Waals surface area contributed by atoms with E-state index in [2.05, 4.69) is 20.4 Å². The molecule has 9 nitrogen and oxygen atoms in total. The Bertz CT molecular complexity index is 1230. The van der Waals surface area contributed by atoms with Gasteiger partial charge in [-0.25, -0.2) is 22.7 Å². The van der Waals surface area contributed by atoms with Crippen molar-refractivity contribution in [3.05, 3.63) is 23.0 Å². The van der Waals surface area contributed by atoms with Crippen molar-refractivity contribution in [3.63, 3.8) is 0 Å². The van der Waals surface area contributed by atoms with E-state index in [-0.39, 0.29) is 22.5 Å². The molecule has 3 aromatic rings. The fraction of sp³-hybridized carbons (Fsp3) is 0.438. The average molecular weight is 496 g/mol. The van der Waals surface area contributed by atoms with Crippen LogP contribution in [0.1, 0.15) is 18.4 Å². The van der Waals surface area contributed by atoms with E-state index in [1.54, 1.807) is 0 Å². The van der Waals surface area contributed by atoms with Crippen molar-refractivity contribution in [3.8, 4) is 11.3 Å². The second-order valence-electron chi connectivity index (χ2n) is 7.09. The van der Waals surface area contributed by atoms with Crippen molar-refractivity contribution >= 4 is 48.9 Å². The third kappa shape index (κ3) is 4.42. The van der Waals surface area contributed by atoms with Crippen molar-refractivity contribution in [1.29, 1.82) is 0 Å². The molecule has 0 atom stereocenters. The maximum absolute atomic E-state index is 13.2. The summed E-state index contributed by atoms with van der Waals surface area (Å²) in [5, 5.41) is 8.12. The summed E-state index contributed by atoms with van der Waals surface area (Å²) >= 11 is 7.35. The highest BCUT2D eigenvalue weighted by Crippen LogP contribution is 2.38. The predicted octanol–water partition coefficient (Wildman–Crippen LogP) is 2.94. The molecule has 0 amide bonds.